The standard InChI is InChI=1S/C19H24N4O3/c1-26-15-8-6-13(7-9-15)10-23-17-16(18(24)21-19(23)25)11-22(12-20-17)14-4-2-3-5-14/h6-9,14,20H,2-5,10-12H2,1H3,(H,21,24,25). The van der Waals surface area contributed by atoms with Crippen molar-refractivity contribution in [1.29, 1.82) is 0 Å². The van der Waals surface area contributed by atoms with E-state index in [2.05, 4.69) is 15.2 Å². The van der Waals surface area contributed by atoms with Crippen molar-refractivity contribution in [2.24, 2.45) is 0 Å². The van der Waals surface area contributed by atoms with Crippen LogP contribution in [0, 0.1) is 0 Å². The quantitative estimate of drug-likeness (QED) is 0.872. The number of nitrogens with one attached hydrogen (secondary N) is 2. The van der Waals surface area contributed by atoms with Gasteiger partial charge in [0.1, 0.15) is 11.6 Å². The number of H-pyrrole nitrogens is 1. The molecule has 0 saturated heterocycles. The minimum absolute atomic E-state index is 0.286. The predicted octanol–water partition coefficient (Wildman–Crippen LogP) is 1.72. The molecule has 1 aliphatic carbocycles. The van der Waals surface area contributed by atoms with Gasteiger partial charge in [-0.2, -0.15) is 0 Å². The predicted molar refractivity (Wildman–Crippen MR) is 99.7 cm³/mol. The Kier molecular flexibility index (Phi) is 4.55. The van der Waals surface area contributed by atoms with Crippen LogP contribution in [0.2, 0.25) is 0 Å². The summed E-state index contributed by atoms with van der Waals surface area (Å²) in [6, 6.07) is 8.12. The van der Waals surface area contributed by atoms with Crippen LogP contribution in [0.4, 0.5) is 5.82 Å². The van der Waals surface area contributed by atoms with Gasteiger partial charge in [-0.3, -0.25) is 19.2 Å². The molecule has 1 aromatic heterocycles. The first-order valence-electron chi connectivity index (χ1n) is 9.12. The van der Waals surface area contributed by atoms with Gasteiger partial charge in [0.15, 0.2) is 0 Å². The number of nitrogens with zero attached hydrogens (tertiary/aromatic N) is 2. The third kappa shape index (κ3) is 3.14. The molecule has 138 valence electrons. The van der Waals surface area contributed by atoms with E-state index in [1.807, 2.05) is 24.3 Å². The Morgan fingerprint density at radius 3 is 2.58 bits per heavy atom. The summed E-state index contributed by atoms with van der Waals surface area (Å²) in [7, 11) is 1.62. The Balaban J connectivity index is 1.64. The van der Waals surface area contributed by atoms with E-state index in [-0.39, 0.29) is 11.2 Å². The number of aromatic nitrogens is 2. The average molecular weight is 356 g/mol. The van der Waals surface area contributed by atoms with E-state index in [9.17, 15) is 9.59 Å². The molecule has 1 saturated carbocycles. The average Bonchev–Trinajstić information content (AvgIpc) is 3.20. The van der Waals surface area contributed by atoms with Gasteiger partial charge in [0, 0.05) is 12.6 Å². The number of ether oxygens (including phenoxy) is 1. The third-order valence-electron chi connectivity index (χ3n) is 5.45. The van der Waals surface area contributed by atoms with Crippen LogP contribution >= 0.6 is 0 Å². The van der Waals surface area contributed by atoms with Gasteiger partial charge in [-0.25, -0.2) is 4.79 Å². The van der Waals surface area contributed by atoms with Gasteiger partial charge < -0.3 is 10.1 Å². The van der Waals surface area contributed by atoms with Crippen LogP contribution in [-0.2, 0) is 13.1 Å². The zero-order valence-electron chi connectivity index (χ0n) is 15.0. The lowest BCUT2D eigenvalue weighted by atomic mass is 10.1. The summed E-state index contributed by atoms with van der Waals surface area (Å²) in [6.45, 7) is 1.66. The first kappa shape index (κ1) is 16.9. The van der Waals surface area contributed by atoms with Gasteiger partial charge in [-0.05, 0) is 30.5 Å². The van der Waals surface area contributed by atoms with Crippen molar-refractivity contribution in [3.8, 4) is 5.75 Å². The van der Waals surface area contributed by atoms with Crippen molar-refractivity contribution in [2.75, 3.05) is 19.1 Å². The summed E-state index contributed by atoms with van der Waals surface area (Å²) in [5.74, 6) is 1.42. The van der Waals surface area contributed by atoms with Crippen molar-refractivity contribution >= 4 is 5.82 Å². The second-order valence-corrected chi connectivity index (χ2v) is 7.04. The molecule has 7 nitrogen and oxygen atoms in total. The molecule has 0 spiro atoms. The highest BCUT2D eigenvalue weighted by Gasteiger charge is 2.29. The Labute approximate surface area is 151 Å². The second kappa shape index (κ2) is 6.99. The Hall–Kier alpha value is -2.54. The zero-order chi connectivity index (χ0) is 18.1. The molecule has 0 radical (unpaired) electrons. The second-order valence-electron chi connectivity index (χ2n) is 7.04. The van der Waals surface area contributed by atoms with Crippen molar-refractivity contribution in [1.82, 2.24) is 14.5 Å². The van der Waals surface area contributed by atoms with Crippen LogP contribution in [0.1, 0.15) is 36.8 Å². The van der Waals surface area contributed by atoms with E-state index in [1.165, 1.54) is 25.7 Å². The Morgan fingerprint density at radius 2 is 1.88 bits per heavy atom. The molecule has 1 fully saturated rings. The molecule has 0 unspecified atom stereocenters. The lowest BCUT2D eigenvalue weighted by Gasteiger charge is -2.34. The van der Waals surface area contributed by atoms with E-state index in [4.69, 9.17) is 4.74 Å². The molecule has 2 N–H and O–H groups in total. The third-order valence-corrected chi connectivity index (χ3v) is 5.45. The summed E-state index contributed by atoms with van der Waals surface area (Å²) >= 11 is 0. The lowest BCUT2D eigenvalue weighted by Crippen LogP contribution is -2.46. The molecule has 1 aliphatic heterocycles. The zero-order valence-corrected chi connectivity index (χ0v) is 15.0. The molecule has 0 bridgehead atoms. The number of hydrogen-bond acceptors (Lipinski definition) is 5. The fraction of sp³-hybridized carbons (Fsp3) is 0.474. The first-order valence-corrected chi connectivity index (χ1v) is 9.12. The summed E-state index contributed by atoms with van der Waals surface area (Å²) in [5, 5.41) is 3.33. The van der Waals surface area contributed by atoms with Gasteiger partial charge in [-0.1, -0.05) is 25.0 Å². The SMILES string of the molecule is COc1ccc(Cn2c3c(c(=O)[nH]c2=O)CN(C2CCCC2)CN3)cc1. The van der Waals surface area contributed by atoms with Crippen LogP contribution in [0.25, 0.3) is 0 Å². The number of fused-ring (bicyclic) bond motifs is 1. The summed E-state index contributed by atoms with van der Waals surface area (Å²) in [5.41, 5.74) is 0.955. The molecular weight excluding hydrogens is 332 g/mol. The fourth-order valence-corrected chi connectivity index (χ4v) is 3.99. The van der Waals surface area contributed by atoms with Crippen LogP contribution in [0.3, 0.4) is 0 Å². The van der Waals surface area contributed by atoms with Gasteiger partial charge in [0.05, 0.1) is 25.9 Å². The maximum absolute atomic E-state index is 12.4. The fourth-order valence-electron chi connectivity index (χ4n) is 3.99. The van der Waals surface area contributed by atoms with Crippen molar-refractivity contribution < 1.29 is 4.74 Å². The molecule has 2 heterocycles. The molecule has 4 rings (SSSR count). The topological polar surface area (TPSA) is 79.4 Å². The molecule has 2 aromatic rings. The molecule has 0 amide bonds. The van der Waals surface area contributed by atoms with Gasteiger partial charge in [-0.15, -0.1) is 0 Å². The lowest BCUT2D eigenvalue weighted by molar-refractivity contribution is 0.194. The maximum Gasteiger partial charge on any atom is 0.330 e. The summed E-state index contributed by atoms with van der Waals surface area (Å²) in [4.78, 5) is 29.6. The summed E-state index contributed by atoms with van der Waals surface area (Å²) < 4.78 is 6.79. The van der Waals surface area contributed by atoms with Crippen LogP contribution < -0.4 is 21.3 Å². The highest BCUT2D eigenvalue weighted by atomic mass is 16.5. The largest absolute Gasteiger partial charge is 0.497 e. The van der Waals surface area contributed by atoms with E-state index in [0.717, 1.165) is 11.3 Å². The first-order chi connectivity index (χ1) is 12.7. The number of methoxy groups -OCH3 is 1. The monoisotopic (exact) mass is 356 g/mol. The number of rotatable bonds is 4. The maximum atomic E-state index is 12.4. The Morgan fingerprint density at radius 1 is 1.15 bits per heavy atom. The van der Waals surface area contributed by atoms with Crippen LogP contribution in [0.15, 0.2) is 33.9 Å². The van der Waals surface area contributed by atoms with Gasteiger partial charge >= 0.3 is 5.69 Å². The van der Waals surface area contributed by atoms with Gasteiger partial charge in [0.25, 0.3) is 5.56 Å². The molecular formula is C19H24N4O3. The van der Waals surface area contributed by atoms with Crippen molar-refractivity contribution in [3.05, 3.63) is 56.2 Å². The minimum Gasteiger partial charge on any atom is -0.497 e. The number of benzene rings is 1. The van der Waals surface area contributed by atoms with Crippen LogP contribution in [-0.4, -0.2) is 34.3 Å². The highest BCUT2D eigenvalue weighted by molar-refractivity contribution is 5.46. The smallest absolute Gasteiger partial charge is 0.330 e. The molecule has 2 aliphatic rings. The van der Waals surface area contributed by atoms with Crippen molar-refractivity contribution in [3.63, 3.8) is 0 Å². The van der Waals surface area contributed by atoms with E-state index in [0.29, 0.717) is 37.2 Å². The minimum atomic E-state index is -0.383. The van der Waals surface area contributed by atoms with Crippen molar-refractivity contribution in [2.45, 2.75) is 44.8 Å². The summed E-state index contributed by atoms with van der Waals surface area (Å²) in [6.07, 6.45) is 4.86. The number of anilines is 1. The van der Waals surface area contributed by atoms with E-state index >= 15 is 0 Å². The van der Waals surface area contributed by atoms with Crippen LogP contribution in [0.5, 0.6) is 5.75 Å². The molecule has 0 atom stereocenters. The Bertz CT molecular complexity index is 894. The molecule has 26 heavy (non-hydrogen) atoms. The molecule has 7 heteroatoms. The van der Waals surface area contributed by atoms with Gasteiger partial charge in [0.2, 0.25) is 0 Å². The highest BCUT2D eigenvalue weighted by Crippen LogP contribution is 2.28. The number of aromatic amines is 1. The number of hydrogen-bond donors (Lipinski definition) is 2. The molecule has 1 aromatic carbocycles. The normalized spacial score (nSPS) is 17.7. The van der Waals surface area contributed by atoms with E-state index in [1.54, 1.807) is 11.7 Å². The van der Waals surface area contributed by atoms with E-state index < -0.39 is 0 Å².